The van der Waals surface area contributed by atoms with E-state index < -0.39 is 10.0 Å². The number of aryl methyl sites for hydroxylation is 1. The third kappa shape index (κ3) is 4.18. The standard InChI is InChI=1S/C15H23N3O2S/c19-21(20,18-14-6-7-14)10-9-16-11-13-4-1-3-12-5-2-8-17-15(12)13/h1,3-4,14,16-18H,2,5-11H2. The van der Waals surface area contributed by atoms with Gasteiger partial charge in [-0.05, 0) is 36.8 Å². The lowest BCUT2D eigenvalue weighted by molar-refractivity contribution is 0.576. The van der Waals surface area contributed by atoms with Gasteiger partial charge in [-0.3, -0.25) is 0 Å². The van der Waals surface area contributed by atoms with Crippen molar-refractivity contribution >= 4 is 15.7 Å². The zero-order valence-corrected chi connectivity index (χ0v) is 13.0. The summed E-state index contributed by atoms with van der Waals surface area (Å²) in [6, 6.07) is 6.53. The summed E-state index contributed by atoms with van der Waals surface area (Å²) in [5, 5.41) is 6.69. The van der Waals surface area contributed by atoms with Gasteiger partial charge in [-0.15, -0.1) is 0 Å². The van der Waals surface area contributed by atoms with Gasteiger partial charge in [0.05, 0.1) is 5.75 Å². The Hall–Kier alpha value is -1.11. The molecule has 3 rings (SSSR count). The molecule has 3 N–H and O–H groups in total. The first kappa shape index (κ1) is 14.8. The zero-order valence-electron chi connectivity index (χ0n) is 12.2. The van der Waals surface area contributed by atoms with Crippen LogP contribution in [0.25, 0.3) is 0 Å². The van der Waals surface area contributed by atoms with Gasteiger partial charge >= 0.3 is 0 Å². The molecule has 2 aliphatic rings. The van der Waals surface area contributed by atoms with Gasteiger partial charge < -0.3 is 10.6 Å². The topological polar surface area (TPSA) is 70.2 Å². The van der Waals surface area contributed by atoms with Gasteiger partial charge in [-0.2, -0.15) is 0 Å². The number of nitrogens with one attached hydrogen (secondary N) is 3. The Kier molecular flexibility index (Phi) is 4.47. The fourth-order valence-corrected chi connectivity index (χ4v) is 3.95. The second-order valence-electron chi connectivity index (χ2n) is 5.87. The van der Waals surface area contributed by atoms with E-state index >= 15 is 0 Å². The van der Waals surface area contributed by atoms with Crippen LogP contribution in [0.2, 0.25) is 0 Å². The lowest BCUT2D eigenvalue weighted by atomic mass is 9.99. The molecule has 0 aromatic heterocycles. The minimum absolute atomic E-state index is 0.145. The normalized spacial score (nSPS) is 18.1. The molecule has 0 amide bonds. The maximum absolute atomic E-state index is 11.8. The average Bonchev–Trinajstić information content (AvgIpc) is 3.27. The minimum Gasteiger partial charge on any atom is -0.385 e. The third-order valence-electron chi connectivity index (χ3n) is 3.95. The summed E-state index contributed by atoms with van der Waals surface area (Å²) in [4.78, 5) is 0. The molecule has 1 saturated carbocycles. The Balaban J connectivity index is 1.49. The van der Waals surface area contributed by atoms with E-state index in [-0.39, 0.29) is 11.8 Å². The molecule has 0 spiro atoms. The number of sulfonamides is 1. The molecule has 0 saturated heterocycles. The van der Waals surface area contributed by atoms with E-state index in [2.05, 4.69) is 33.6 Å². The first-order valence-electron chi connectivity index (χ1n) is 7.69. The molecule has 0 radical (unpaired) electrons. The fourth-order valence-electron chi connectivity index (χ4n) is 2.67. The summed E-state index contributed by atoms with van der Waals surface area (Å²) in [5.41, 5.74) is 3.82. The molecular weight excluding hydrogens is 286 g/mol. The quantitative estimate of drug-likeness (QED) is 0.662. The number of rotatable bonds is 7. The molecule has 5 nitrogen and oxygen atoms in total. The molecule has 0 unspecified atom stereocenters. The average molecular weight is 309 g/mol. The molecular formula is C15H23N3O2S. The van der Waals surface area contributed by atoms with Crippen LogP contribution in [0, 0.1) is 0 Å². The predicted molar refractivity (Wildman–Crippen MR) is 84.9 cm³/mol. The van der Waals surface area contributed by atoms with Gasteiger partial charge in [-0.25, -0.2) is 13.1 Å². The van der Waals surface area contributed by atoms with E-state index in [0.29, 0.717) is 13.1 Å². The molecule has 116 valence electrons. The SMILES string of the molecule is O=S(=O)(CCNCc1cccc2c1NCCC2)NC1CC1. The van der Waals surface area contributed by atoms with Crippen LogP contribution in [0.5, 0.6) is 0 Å². The van der Waals surface area contributed by atoms with Crippen molar-refractivity contribution in [1.82, 2.24) is 10.0 Å². The van der Waals surface area contributed by atoms with Crippen LogP contribution in [0.4, 0.5) is 5.69 Å². The number of benzene rings is 1. The molecule has 1 fully saturated rings. The molecule has 1 heterocycles. The maximum Gasteiger partial charge on any atom is 0.213 e. The molecule has 1 aromatic rings. The summed E-state index contributed by atoms with van der Waals surface area (Å²) in [6.45, 7) is 2.20. The second-order valence-corrected chi connectivity index (χ2v) is 7.74. The van der Waals surface area contributed by atoms with Crippen molar-refractivity contribution in [3.8, 4) is 0 Å². The summed E-state index contributed by atoms with van der Waals surface area (Å²) in [7, 11) is -3.12. The smallest absolute Gasteiger partial charge is 0.213 e. The van der Waals surface area contributed by atoms with Gasteiger partial charge in [-0.1, -0.05) is 18.2 Å². The first-order valence-corrected chi connectivity index (χ1v) is 9.35. The molecule has 1 aliphatic carbocycles. The van der Waals surface area contributed by atoms with Crippen molar-refractivity contribution < 1.29 is 8.42 Å². The van der Waals surface area contributed by atoms with Crippen LogP contribution in [0.15, 0.2) is 18.2 Å². The van der Waals surface area contributed by atoms with Crippen molar-refractivity contribution in [2.24, 2.45) is 0 Å². The third-order valence-corrected chi connectivity index (χ3v) is 5.38. The molecule has 6 heteroatoms. The van der Waals surface area contributed by atoms with Crippen molar-refractivity contribution in [2.45, 2.75) is 38.3 Å². The largest absolute Gasteiger partial charge is 0.385 e. The highest BCUT2D eigenvalue weighted by Gasteiger charge is 2.26. The van der Waals surface area contributed by atoms with Crippen LogP contribution in [-0.2, 0) is 23.0 Å². The number of hydrogen-bond donors (Lipinski definition) is 3. The molecule has 21 heavy (non-hydrogen) atoms. The van der Waals surface area contributed by atoms with Crippen LogP contribution >= 0.6 is 0 Å². The monoisotopic (exact) mass is 309 g/mol. The fraction of sp³-hybridized carbons (Fsp3) is 0.600. The van der Waals surface area contributed by atoms with E-state index in [1.54, 1.807) is 0 Å². The van der Waals surface area contributed by atoms with Crippen molar-refractivity contribution in [3.63, 3.8) is 0 Å². The Labute approximate surface area is 126 Å². The Bertz CT molecular complexity index is 597. The number of hydrogen-bond acceptors (Lipinski definition) is 4. The summed E-state index contributed by atoms with van der Waals surface area (Å²) in [5.74, 6) is 0.145. The number of anilines is 1. The summed E-state index contributed by atoms with van der Waals surface area (Å²) < 4.78 is 26.2. The highest BCUT2D eigenvalue weighted by atomic mass is 32.2. The summed E-state index contributed by atoms with van der Waals surface area (Å²) >= 11 is 0. The van der Waals surface area contributed by atoms with Gasteiger partial charge in [0, 0.05) is 31.4 Å². The Morgan fingerprint density at radius 3 is 2.95 bits per heavy atom. The lowest BCUT2D eigenvalue weighted by Gasteiger charge is -2.21. The maximum atomic E-state index is 11.8. The first-order chi connectivity index (χ1) is 10.1. The van der Waals surface area contributed by atoms with E-state index in [0.717, 1.165) is 25.8 Å². The van der Waals surface area contributed by atoms with Crippen LogP contribution in [0.1, 0.15) is 30.4 Å². The minimum atomic E-state index is -3.12. The van der Waals surface area contributed by atoms with E-state index in [9.17, 15) is 8.42 Å². The van der Waals surface area contributed by atoms with Crippen molar-refractivity contribution in [1.29, 1.82) is 0 Å². The highest BCUT2D eigenvalue weighted by molar-refractivity contribution is 7.89. The zero-order chi connectivity index (χ0) is 14.7. The van der Waals surface area contributed by atoms with Crippen LogP contribution in [-0.4, -0.2) is 33.3 Å². The van der Waals surface area contributed by atoms with E-state index in [1.807, 2.05) is 0 Å². The lowest BCUT2D eigenvalue weighted by Crippen LogP contribution is -2.33. The highest BCUT2D eigenvalue weighted by Crippen LogP contribution is 2.25. The van der Waals surface area contributed by atoms with Crippen molar-refractivity contribution in [3.05, 3.63) is 29.3 Å². The van der Waals surface area contributed by atoms with Gasteiger partial charge in [0.1, 0.15) is 0 Å². The van der Waals surface area contributed by atoms with Gasteiger partial charge in [0.2, 0.25) is 10.0 Å². The number of fused-ring (bicyclic) bond motifs is 1. The second kappa shape index (κ2) is 6.34. The predicted octanol–water partition coefficient (Wildman–Crippen LogP) is 1.22. The van der Waals surface area contributed by atoms with E-state index in [4.69, 9.17) is 0 Å². The molecule has 1 aromatic carbocycles. The van der Waals surface area contributed by atoms with Crippen LogP contribution in [0.3, 0.4) is 0 Å². The Morgan fingerprint density at radius 2 is 2.14 bits per heavy atom. The molecule has 0 bridgehead atoms. The summed E-state index contributed by atoms with van der Waals surface area (Å²) in [6.07, 6.45) is 4.26. The molecule has 0 atom stereocenters. The van der Waals surface area contributed by atoms with E-state index in [1.165, 1.54) is 23.2 Å². The molecule has 1 aliphatic heterocycles. The van der Waals surface area contributed by atoms with Crippen LogP contribution < -0.4 is 15.4 Å². The Morgan fingerprint density at radius 1 is 1.29 bits per heavy atom. The van der Waals surface area contributed by atoms with Gasteiger partial charge in [0.25, 0.3) is 0 Å². The van der Waals surface area contributed by atoms with Crippen molar-refractivity contribution in [2.75, 3.05) is 24.2 Å². The van der Waals surface area contributed by atoms with Gasteiger partial charge in [0.15, 0.2) is 0 Å². The number of para-hydroxylation sites is 1.